The van der Waals surface area contributed by atoms with E-state index in [0.717, 1.165) is 0 Å². The molecule has 2 aromatic rings. The highest BCUT2D eigenvalue weighted by atomic mass is 16.5. The lowest BCUT2D eigenvalue weighted by Gasteiger charge is -2.10. The number of rotatable bonds is 6. The van der Waals surface area contributed by atoms with E-state index in [4.69, 9.17) is 14.6 Å². The highest BCUT2D eigenvalue weighted by Gasteiger charge is 2.16. The van der Waals surface area contributed by atoms with Gasteiger partial charge in [-0.15, -0.1) is 0 Å². The largest absolute Gasteiger partial charge is 0.497 e. The minimum atomic E-state index is -1.01. The molecule has 0 bridgehead atoms. The van der Waals surface area contributed by atoms with Gasteiger partial charge >= 0.3 is 5.97 Å². The molecule has 0 saturated heterocycles. The topological polar surface area (TPSA) is 73.6 Å². The number of benzene rings is 1. The molecule has 1 N–H and O–H groups in total. The van der Waals surface area contributed by atoms with Crippen LogP contribution in [0.2, 0.25) is 0 Å². The van der Waals surface area contributed by atoms with Crippen LogP contribution in [0.15, 0.2) is 30.5 Å². The maximum absolute atomic E-state index is 11.1. The summed E-state index contributed by atoms with van der Waals surface area (Å²) in [5.74, 6) is 0.295. The number of carboxylic acid groups (broad SMARTS) is 1. The number of methoxy groups -OCH3 is 1. The number of ether oxygens (including phenoxy) is 2. The Bertz CT molecular complexity index is 607. The predicted octanol–water partition coefficient (Wildman–Crippen LogP) is 2.19. The van der Waals surface area contributed by atoms with Crippen LogP contribution in [0.3, 0.4) is 0 Å². The Kier molecular flexibility index (Phi) is 4.24. The fourth-order valence-corrected chi connectivity index (χ4v) is 1.86. The standard InChI is InChI=1S/C14H16N2O4/c1-3-16-13(12(8-15-16)14(17)18)9-20-11-6-4-5-10(7-11)19-2/h4-8H,3,9H2,1-2H3,(H,17,18). The monoisotopic (exact) mass is 276 g/mol. The van der Waals surface area contributed by atoms with E-state index in [2.05, 4.69) is 5.10 Å². The number of aryl methyl sites for hydroxylation is 1. The molecule has 0 saturated carbocycles. The zero-order valence-electron chi connectivity index (χ0n) is 11.4. The molecule has 20 heavy (non-hydrogen) atoms. The molecule has 0 aliphatic rings. The van der Waals surface area contributed by atoms with Crippen LogP contribution < -0.4 is 9.47 Å². The Morgan fingerprint density at radius 3 is 2.80 bits per heavy atom. The van der Waals surface area contributed by atoms with Crippen molar-refractivity contribution in [2.24, 2.45) is 0 Å². The van der Waals surface area contributed by atoms with Gasteiger partial charge in [-0.2, -0.15) is 5.10 Å². The molecule has 1 aromatic heterocycles. The first-order valence-electron chi connectivity index (χ1n) is 6.20. The van der Waals surface area contributed by atoms with E-state index in [9.17, 15) is 4.79 Å². The maximum atomic E-state index is 11.1. The molecule has 0 radical (unpaired) electrons. The van der Waals surface area contributed by atoms with Crippen LogP contribution in [0.4, 0.5) is 0 Å². The summed E-state index contributed by atoms with van der Waals surface area (Å²) in [5.41, 5.74) is 0.706. The van der Waals surface area contributed by atoms with Gasteiger partial charge in [0.05, 0.1) is 19.0 Å². The third kappa shape index (κ3) is 2.90. The highest BCUT2D eigenvalue weighted by Crippen LogP contribution is 2.20. The van der Waals surface area contributed by atoms with Gasteiger partial charge < -0.3 is 14.6 Å². The van der Waals surface area contributed by atoms with E-state index in [-0.39, 0.29) is 12.2 Å². The van der Waals surface area contributed by atoms with Crippen molar-refractivity contribution in [3.05, 3.63) is 41.7 Å². The van der Waals surface area contributed by atoms with Gasteiger partial charge in [-0.3, -0.25) is 4.68 Å². The zero-order valence-corrected chi connectivity index (χ0v) is 11.4. The SMILES string of the molecule is CCn1ncc(C(=O)O)c1COc1cccc(OC)c1. The zero-order chi connectivity index (χ0) is 14.5. The van der Waals surface area contributed by atoms with Crippen molar-refractivity contribution < 1.29 is 19.4 Å². The summed E-state index contributed by atoms with van der Waals surface area (Å²) in [6, 6.07) is 7.15. The van der Waals surface area contributed by atoms with Crippen molar-refractivity contribution >= 4 is 5.97 Å². The molecule has 1 aromatic carbocycles. The van der Waals surface area contributed by atoms with Crippen molar-refractivity contribution in [2.45, 2.75) is 20.1 Å². The van der Waals surface area contributed by atoms with Crippen molar-refractivity contribution in [1.29, 1.82) is 0 Å². The Balaban J connectivity index is 2.17. The van der Waals surface area contributed by atoms with Crippen LogP contribution in [-0.4, -0.2) is 28.0 Å². The lowest BCUT2D eigenvalue weighted by Crippen LogP contribution is -2.10. The summed E-state index contributed by atoms with van der Waals surface area (Å²) in [4.78, 5) is 11.1. The smallest absolute Gasteiger partial charge is 0.339 e. The molecule has 106 valence electrons. The second-order valence-corrected chi connectivity index (χ2v) is 4.09. The van der Waals surface area contributed by atoms with Gasteiger partial charge in [0, 0.05) is 12.6 Å². The average molecular weight is 276 g/mol. The Hall–Kier alpha value is -2.50. The Morgan fingerprint density at radius 2 is 2.15 bits per heavy atom. The normalized spacial score (nSPS) is 10.3. The first-order chi connectivity index (χ1) is 9.65. The first kappa shape index (κ1) is 13.9. The summed E-state index contributed by atoms with van der Waals surface area (Å²) >= 11 is 0. The molecule has 2 rings (SSSR count). The van der Waals surface area contributed by atoms with Crippen molar-refractivity contribution in [1.82, 2.24) is 9.78 Å². The first-order valence-corrected chi connectivity index (χ1v) is 6.20. The number of hydrogen-bond acceptors (Lipinski definition) is 4. The van der Waals surface area contributed by atoms with E-state index in [1.165, 1.54) is 6.20 Å². The number of hydrogen-bond donors (Lipinski definition) is 1. The van der Waals surface area contributed by atoms with Crippen LogP contribution >= 0.6 is 0 Å². The van der Waals surface area contributed by atoms with Gasteiger partial charge in [-0.1, -0.05) is 6.07 Å². The molecule has 0 atom stereocenters. The highest BCUT2D eigenvalue weighted by molar-refractivity contribution is 5.88. The third-order valence-electron chi connectivity index (χ3n) is 2.90. The molecular formula is C14H16N2O4. The van der Waals surface area contributed by atoms with Crippen molar-refractivity contribution in [3.8, 4) is 11.5 Å². The van der Waals surface area contributed by atoms with Gasteiger partial charge in [0.25, 0.3) is 0 Å². The molecule has 0 spiro atoms. The molecule has 0 unspecified atom stereocenters. The second-order valence-electron chi connectivity index (χ2n) is 4.09. The van der Waals surface area contributed by atoms with E-state index >= 15 is 0 Å². The van der Waals surface area contributed by atoms with Gasteiger partial charge in [0.1, 0.15) is 23.7 Å². The van der Waals surface area contributed by atoms with Crippen LogP contribution in [0.5, 0.6) is 11.5 Å². The molecule has 0 aliphatic heterocycles. The molecule has 0 amide bonds. The van der Waals surface area contributed by atoms with Gasteiger partial charge in [0.15, 0.2) is 0 Å². The molecule has 0 aliphatic carbocycles. The van der Waals surface area contributed by atoms with E-state index < -0.39 is 5.97 Å². The molecule has 6 heteroatoms. The van der Waals surface area contributed by atoms with Crippen LogP contribution in [0, 0.1) is 0 Å². The average Bonchev–Trinajstić information content (AvgIpc) is 2.88. The quantitative estimate of drug-likeness (QED) is 0.875. The molecular weight excluding hydrogens is 260 g/mol. The molecule has 0 fully saturated rings. The summed E-state index contributed by atoms with van der Waals surface area (Å²) < 4.78 is 12.3. The minimum absolute atomic E-state index is 0.142. The number of aromatic nitrogens is 2. The van der Waals surface area contributed by atoms with Crippen molar-refractivity contribution in [3.63, 3.8) is 0 Å². The number of carboxylic acids is 1. The summed E-state index contributed by atoms with van der Waals surface area (Å²) in [6.07, 6.45) is 1.34. The number of nitrogens with zero attached hydrogens (tertiary/aromatic N) is 2. The van der Waals surface area contributed by atoms with E-state index in [1.807, 2.05) is 19.1 Å². The molecule has 6 nitrogen and oxygen atoms in total. The van der Waals surface area contributed by atoms with Gasteiger partial charge in [-0.05, 0) is 19.1 Å². The third-order valence-corrected chi connectivity index (χ3v) is 2.90. The lowest BCUT2D eigenvalue weighted by atomic mass is 10.2. The summed E-state index contributed by atoms with van der Waals surface area (Å²) in [5, 5.41) is 13.2. The van der Waals surface area contributed by atoms with Crippen LogP contribution in [0.25, 0.3) is 0 Å². The summed E-state index contributed by atoms with van der Waals surface area (Å²) in [7, 11) is 1.58. The number of aromatic carboxylic acids is 1. The van der Waals surface area contributed by atoms with Crippen molar-refractivity contribution in [2.75, 3.05) is 7.11 Å². The number of carbonyl (C=O) groups is 1. The van der Waals surface area contributed by atoms with Gasteiger partial charge in [0.2, 0.25) is 0 Å². The maximum Gasteiger partial charge on any atom is 0.339 e. The van der Waals surface area contributed by atoms with Crippen LogP contribution in [-0.2, 0) is 13.2 Å². The fourth-order valence-electron chi connectivity index (χ4n) is 1.86. The van der Waals surface area contributed by atoms with E-state index in [0.29, 0.717) is 23.7 Å². The second kappa shape index (κ2) is 6.10. The summed E-state index contributed by atoms with van der Waals surface area (Å²) in [6.45, 7) is 2.63. The minimum Gasteiger partial charge on any atom is -0.497 e. The van der Waals surface area contributed by atoms with E-state index in [1.54, 1.807) is 23.9 Å². The Labute approximate surface area is 116 Å². The lowest BCUT2D eigenvalue weighted by molar-refractivity contribution is 0.0693. The fraction of sp³-hybridized carbons (Fsp3) is 0.286. The van der Waals surface area contributed by atoms with Gasteiger partial charge in [-0.25, -0.2) is 4.79 Å². The molecule has 1 heterocycles. The van der Waals surface area contributed by atoms with Crippen LogP contribution in [0.1, 0.15) is 23.0 Å². The Morgan fingerprint density at radius 1 is 1.40 bits per heavy atom. The predicted molar refractivity (Wildman–Crippen MR) is 72.2 cm³/mol.